The number of rotatable bonds is 0. The first kappa shape index (κ1) is 12.2. The van der Waals surface area contributed by atoms with E-state index in [0.29, 0.717) is 0 Å². The van der Waals surface area contributed by atoms with Gasteiger partial charge in [0.15, 0.2) is 0 Å². The molecule has 0 aromatic heterocycles. The minimum absolute atomic E-state index is 0. The zero-order chi connectivity index (χ0) is 11.2. The minimum Gasteiger partial charge on any atom is -0.493 e. The van der Waals surface area contributed by atoms with Crippen molar-refractivity contribution in [2.24, 2.45) is 0 Å². The van der Waals surface area contributed by atoms with Gasteiger partial charge in [0.25, 0.3) is 0 Å². The highest BCUT2D eigenvalue weighted by molar-refractivity contribution is 5.85. The first-order valence-corrected chi connectivity index (χ1v) is 6.99. The van der Waals surface area contributed by atoms with Gasteiger partial charge in [-0.15, -0.1) is 12.4 Å². The van der Waals surface area contributed by atoms with Crippen molar-refractivity contribution in [3.05, 3.63) is 22.8 Å². The van der Waals surface area contributed by atoms with E-state index >= 15 is 0 Å². The lowest BCUT2D eigenvalue weighted by atomic mass is 9.87. The first-order chi connectivity index (χ1) is 8.43. The van der Waals surface area contributed by atoms with Gasteiger partial charge in [0, 0.05) is 24.3 Å². The summed E-state index contributed by atoms with van der Waals surface area (Å²) in [6, 6.07) is 2.44. The molecule has 1 aromatic carbocycles. The lowest BCUT2D eigenvalue weighted by Crippen LogP contribution is -2.35. The average Bonchev–Trinajstić information content (AvgIpc) is 2.39. The maximum Gasteiger partial charge on any atom is 0.127 e. The van der Waals surface area contributed by atoms with Crippen LogP contribution in [-0.4, -0.2) is 19.7 Å². The molecular formula is C15H20ClNO. The Morgan fingerprint density at radius 2 is 1.72 bits per heavy atom. The summed E-state index contributed by atoms with van der Waals surface area (Å²) < 4.78 is 5.97. The lowest BCUT2D eigenvalue weighted by molar-refractivity contribution is 0.284. The number of aryl methyl sites for hydroxylation is 2. The molecule has 0 bridgehead atoms. The summed E-state index contributed by atoms with van der Waals surface area (Å²) in [4.78, 5) is 2.59. The molecule has 0 unspecified atom stereocenters. The summed E-state index contributed by atoms with van der Waals surface area (Å²) >= 11 is 0. The Kier molecular flexibility index (Phi) is 3.14. The van der Waals surface area contributed by atoms with E-state index in [1.807, 2.05) is 0 Å². The highest BCUT2D eigenvalue weighted by Gasteiger charge is 2.29. The van der Waals surface area contributed by atoms with Gasteiger partial charge in [0.05, 0.1) is 6.61 Å². The quantitative estimate of drug-likeness (QED) is 0.715. The van der Waals surface area contributed by atoms with Crippen LogP contribution >= 0.6 is 12.4 Å². The fourth-order valence-electron chi connectivity index (χ4n) is 3.70. The van der Waals surface area contributed by atoms with Crippen LogP contribution in [0.15, 0.2) is 6.07 Å². The van der Waals surface area contributed by atoms with Crippen molar-refractivity contribution >= 4 is 18.1 Å². The Labute approximate surface area is 115 Å². The highest BCUT2D eigenvalue weighted by atomic mass is 35.5. The average molecular weight is 266 g/mol. The number of nitrogens with zero attached hydrogens (tertiary/aromatic N) is 1. The van der Waals surface area contributed by atoms with E-state index < -0.39 is 0 Å². The summed E-state index contributed by atoms with van der Waals surface area (Å²) in [5.41, 5.74) is 6.15. The molecule has 2 nitrogen and oxygen atoms in total. The molecule has 3 heterocycles. The molecule has 4 rings (SSSR count). The van der Waals surface area contributed by atoms with Crippen LogP contribution in [0.25, 0.3) is 0 Å². The standard InChI is InChI=1S/C15H19NO.ClH/c1-4-11-10-12-5-3-9-17-15(12)13-6-2-8-16(7-1)14(11)13;/h10H,1-9H2;1H. The summed E-state index contributed by atoms with van der Waals surface area (Å²) in [7, 11) is 0. The molecule has 0 spiro atoms. The van der Waals surface area contributed by atoms with Gasteiger partial charge in [-0.1, -0.05) is 6.07 Å². The van der Waals surface area contributed by atoms with Crippen molar-refractivity contribution in [2.45, 2.75) is 38.5 Å². The second kappa shape index (κ2) is 4.65. The Hall–Kier alpha value is -0.890. The SMILES string of the molecule is Cl.c1c2c(c3c4c1CCCN4CCC3)OCCC2. The van der Waals surface area contributed by atoms with Crippen molar-refractivity contribution in [3.8, 4) is 5.75 Å². The molecule has 0 amide bonds. The van der Waals surface area contributed by atoms with Gasteiger partial charge >= 0.3 is 0 Å². The van der Waals surface area contributed by atoms with E-state index in [9.17, 15) is 0 Å². The first-order valence-electron chi connectivity index (χ1n) is 6.99. The van der Waals surface area contributed by atoms with E-state index in [0.717, 1.165) is 6.61 Å². The molecule has 0 atom stereocenters. The van der Waals surface area contributed by atoms with Crippen LogP contribution in [-0.2, 0) is 19.3 Å². The summed E-state index contributed by atoms with van der Waals surface area (Å²) in [5.74, 6) is 1.25. The molecular weight excluding hydrogens is 246 g/mol. The molecule has 0 saturated heterocycles. The molecule has 0 radical (unpaired) electrons. The Morgan fingerprint density at radius 1 is 0.944 bits per heavy atom. The lowest BCUT2D eigenvalue weighted by Gasteiger charge is -2.39. The highest BCUT2D eigenvalue weighted by Crippen LogP contribution is 2.43. The van der Waals surface area contributed by atoms with E-state index in [-0.39, 0.29) is 12.4 Å². The molecule has 3 heteroatoms. The number of anilines is 1. The van der Waals surface area contributed by atoms with E-state index in [1.165, 1.54) is 68.5 Å². The van der Waals surface area contributed by atoms with E-state index in [1.54, 1.807) is 11.3 Å². The molecule has 98 valence electrons. The second-order valence-corrected chi connectivity index (χ2v) is 5.50. The number of halogens is 1. The molecule has 0 saturated carbocycles. The van der Waals surface area contributed by atoms with Crippen LogP contribution in [0.5, 0.6) is 5.75 Å². The minimum atomic E-state index is 0. The Morgan fingerprint density at radius 3 is 2.61 bits per heavy atom. The van der Waals surface area contributed by atoms with Crippen molar-refractivity contribution < 1.29 is 4.74 Å². The molecule has 0 N–H and O–H groups in total. The van der Waals surface area contributed by atoms with Gasteiger partial charge < -0.3 is 9.64 Å². The van der Waals surface area contributed by atoms with Gasteiger partial charge in [0.2, 0.25) is 0 Å². The molecule has 0 aliphatic carbocycles. The zero-order valence-corrected chi connectivity index (χ0v) is 11.5. The van der Waals surface area contributed by atoms with Crippen LogP contribution in [0.1, 0.15) is 36.0 Å². The third-order valence-corrected chi connectivity index (χ3v) is 4.39. The monoisotopic (exact) mass is 265 g/mol. The number of ether oxygens (including phenoxy) is 1. The Bertz CT molecular complexity index is 470. The van der Waals surface area contributed by atoms with Crippen molar-refractivity contribution in [2.75, 3.05) is 24.6 Å². The fraction of sp³-hybridized carbons (Fsp3) is 0.600. The largest absolute Gasteiger partial charge is 0.493 e. The van der Waals surface area contributed by atoms with E-state index in [4.69, 9.17) is 4.74 Å². The maximum absolute atomic E-state index is 5.97. The van der Waals surface area contributed by atoms with Gasteiger partial charge in [-0.05, 0) is 49.7 Å². The molecule has 3 aliphatic heterocycles. The smallest absolute Gasteiger partial charge is 0.127 e. The zero-order valence-electron chi connectivity index (χ0n) is 10.7. The molecule has 1 aromatic rings. The fourth-order valence-corrected chi connectivity index (χ4v) is 3.70. The number of hydrogen-bond donors (Lipinski definition) is 0. The van der Waals surface area contributed by atoms with E-state index in [2.05, 4.69) is 11.0 Å². The molecule has 0 fully saturated rings. The Balaban J connectivity index is 0.000001000. The molecule has 3 aliphatic rings. The van der Waals surface area contributed by atoms with Crippen LogP contribution < -0.4 is 9.64 Å². The normalized spacial score (nSPS) is 20.3. The summed E-state index contributed by atoms with van der Waals surface area (Å²) in [6.07, 6.45) is 7.52. The van der Waals surface area contributed by atoms with Gasteiger partial charge in [0.1, 0.15) is 5.75 Å². The number of hydrogen-bond acceptors (Lipinski definition) is 2. The van der Waals surface area contributed by atoms with Gasteiger partial charge in [-0.3, -0.25) is 0 Å². The summed E-state index contributed by atoms with van der Waals surface area (Å²) in [6.45, 7) is 3.41. The molecule has 18 heavy (non-hydrogen) atoms. The van der Waals surface area contributed by atoms with Crippen molar-refractivity contribution in [3.63, 3.8) is 0 Å². The number of fused-ring (bicyclic) bond motifs is 2. The van der Waals surface area contributed by atoms with Gasteiger partial charge in [-0.2, -0.15) is 0 Å². The van der Waals surface area contributed by atoms with Crippen LogP contribution in [0.2, 0.25) is 0 Å². The maximum atomic E-state index is 5.97. The number of benzene rings is 1. The van der Waals surface area contributed by atoms with Crippen molar-refractivity contribution in [1.29, 1.82) is 0 Å². The van der Waals surface area contributed by atoms with Crippen molar-refractivity contribution in [1.82, 2.24) is 0 Å². The third kappa shape index (κ3) is 1.70. The topological polar surface area (TPSA) is 12.5 Å². The second-order valence-electron chi connectivity index (χ2n) is 5.50. The van der Waals surface area contributed by atoms with Crippen LogP contribution in [0, 0.1) is 0 Å². The third-order valence-electron chi connectivity index (χ3n) is 4.39. The summed E-state index contributed by atoms with van der Waals surface area (Å²) in [5, 5.41) is 0. The van der Waals surface area contributed by atoms with Crippen LogP contribution in [0.4, 0.5) is 5.69 Å². The van der Waals surface area contributed by atoms with Gasteiger partial charge in [-0.25, -0.2) is 0 Å². The predicted molar refractivity (Wildman–Crippen MR) is 76.4 cm³/mol. The van der Waals surface area contributed by atoms with Crippen LogP contribution in [0.3, 0.4) is 0 Å². The predicted octanol–water partition coefficient (Wildman–Crippen LogP) is 3.13.